The first kappa shape index (κ1) is 15.8. The molecule has 2 rings (SSSR count). The number of carbonyl (C=O) groups is 1. The van der Waals surface area contributed by atoms with Gasteiger partial charge in [-0.25, -0.2) is 13.6 Å². The fraction of sp³-hybridized carbons (Fsp3) is 0.500. The van der Waals surface area contributed by atoms with Crippen LogP contribution in [0.1, 0.15) is 36.0 Å². The van der Waals surface area contributed by atoms with Gasteiger partial charge in [0.15, 0.2) is 0 Å². The molecule has 0 bridgehead atoms. The molecule has 1 aliphatic rings. The Morgan fingerprint density at radius 2 is 2.14 bits per heavy atom. The topological polar surface area (TPSA) is 98.5 Å². The molecule has 0 aromatic heterocycles. The van der Waals surface area contributed by atoms with Gasteiger partial charge in [0.2, 0.25) is 10.0 Å². The average molecular weight is 312 g/mol. The Morgan fingerprint density at radius 3 is 2.71 bits per heavy atom. The summed E-state index contributed by atoms with van der Waals surface area (Å²) in [5.74, 6) is 0.651. The fourth-order valence-electron chi connectivity index (χ4n) is 2.14. The summed E-state index contributed by atoms with van der Waals surface area (Å²) in [5.41, 5.74) is 0.256. The predicted molar refractivity (Wildman–Crippen MR) is 78.7 cm³/mol. The van der Waals surface area contributed by atoms with E-state index in [0.29, 0.717) is 6.54 Å². The number of ether oxygens (including phenoxy) is 1. The maximum absolute atomic E-state index is 12.0. The van der Waals surface area contributed by atoms with Gasteiger partial charge in [0.1, 0.15) is 10.6 Å². The summed E-state index contributed by atoms with van der Waals surface area (Å²) in [6.45, 7) is 0.589. The molecular weight excluding hydrogens is 292 g/mol. The molecule has 7 heteroatoms. The highest BCUT2D eigenvalue weighted by molar-refractivity contribution is 7.89. The Morgan fingerprint density at radius 1 is 1.43 bits per heavy atom. The number of benzene rings is 1. The van der Waals surface area contributed by atoms with E-state index in [9.17, 15) is 13.2 Å². The zero-order chi connectivity index (χ0) is 15.5. The van der Waals surface area contributed by atoms with E-state index >= 15 is 0 Å². The van der Waals surface area contributed by atoms with Crippen LogP contribution >= 0.6 is 0 Å². The maximum Gasteiger partial charge on any atom is 0.251 e. The number of sulfonamides is 1. The zero-order valence-corrected chi connectivity index (χ0v) is 12.8. The van der Waals surface area contributed by atoms with E-state index in [1.165, 1.54) is 38.2 Å². The molecule has 116 valence electrons. The van der Waals surface area contributed by atoms with E-state index in [1.54, 1.807) is 0 Å². The van der Waals surface area contributed by atoms with Crippen LogP contribution in [0.2, 0.25) is 0 Å². The van der Waals surface area contributed by atoms with Crippen molar-refractivity contribution in [2.24, 2.45) is 11.1 Å². The molecule has 0 aliphatic heterocycles. The Kier molecular flexibility index (Phi) is 4.84. The lowest BCUT2D eigenvalue weighted by molar-refractivity contribution is 0.0952. The number of hydrogen-bond donors (Lipinski definition) is 2. The third kappa shape index (κ3) is 4.44. The molecule has 0 unspecified atom stereocenters. The highest BCUT2D eigenvalue weighted by Gasteiger charge is 2.20. The van der Waals surface area contributed by atoms with Crippen molar-refractivity contribution in [2.75, 3.05) is 13.7 Å². The van der Waals surface area contributed by atoms with Crippen molar-refractivity contribution in [3.63, 3.8) is 0 Å². The van der Waals surface area contributed by atoms with Crippen molar-refractivity contribution in [3.8, 4) is 5.75 Å². The monoisotopic (exact) mass is 312 g/mol. The molecule has 3 N–H and O–H groups in total. The van der Waals surface area contributed by atoms with Crippen LogP contribution in [0, 0.1) is 5.92 Å². The molecular formula is C14H20N2O4S. The number of amides is 1. The number of hydrogen-bond acceptors (Lipinski definition) is 4. The largest absolute Gasteiger partial charge is 0.495 e. The SMILES string of the molecule is COc1ccc(C(=O)NCCCC2CC2)cc1S(N)(=O)=O. The smallest absolute Gasteiger partial charge is 0.251 e. The van der Waals surface area contributed by atoms with E-state index in [1.807, 2.05) is 0 Å². The number of primary sulfonamides is 1. The van der Waals surface area contributed by atoms with E-state index in [2.05, 4.69) is 5.32 Å². The second kappa shape index (κ2) is 6.44. The van der Waals surface area contributed by atoms with Crippen LogP contribution in [0.3, 0.4) is 0 Å². The first-order valence-electron chi connectivity index (χ1n) is 6.91. The molecule has 21 heavy (non-hydrogen) atoms. The number of methoxy groups -OCH3 is 1. The summed E-state index contributed by atoms with van der Waals surface area (Å²) < 4.78 is 27.9. The lowest BCUT2D eigenvalue weighted by Crippen LogP contribution is -2.25. The summed E-state index contributed by atoms with van der Waals surface area (Å²) in [7, 11) is -2.59. The average Bonchev–Trinajstić information content (AvgIpc) is 3.26. The standard InChI is InChI=1S/C14H20N2O4S/c1-20-12-7-6-11(9-13(12)21(15,18)19)14(17)16-8-2-3-10-4-5-10/h6-7,9-10H,2-5,8H2,1H3,(H,16,17)(H2,15,18,19). The molecule has 1 saturated carbocycles. The van der Waals surface area contributed by atoms with Crippen LogP contribution in [-0.2, 0) is 10.0 Å². The highest BCUT2D eigenvalue weighted by atomic mass is 32.2. The zero-order valence-electron chi connectivity index (χ0n) is 12.0. The molecule has 1 aromatic carbocycles. The molecule has 1 fully saturated rings. The first-order chi connectivity index (χ1) is 9.91. The van der Waals surface area contributed by atoms with Crippen molar-refractivity contribution in [3.05, 3.63) is 23.8 Å². The van der Waals surface area contributed by atoms with Crippen molar-refractivity contribution >= 4 is 15.9 Å². The van der Waals surface area contributed by atoms with E-state index in [4.69, 9.17) is 9.88 Å². The number of nitrogens with two attached hydrogens (primary N) is 1. The van der Waals surface area contributed by atoms with Gasteiger partial charge in [-0.2, -0.15) is 0 Å². The highest BCUT2D eigenvalue weighted by Crippen LogP contribution is 2.33. The third-order valence-electron chi connectivity index (χ3n) is 3.50. The van der Waals surface area contributed by atoms with Crippen molar-refractivity contribution < 1.29 is 17.9 Å². The van der Waals surface area contributed by atoms with Crippen LogP contribution in [-0.4, -0.2) is 28.0 Å². The molecule has 0 radical (unpaired) electrons. The maximum atomic E-state index is 12.0. The molecule has 1 aromatic rings. The molecule has 0 saturated heterocycles. The summed E-state index contributed by atoms with van der Waals surface area (Å²) in [5, 5.41) is 7.91. The van der Waals surface area contributed by atoms with Gasteiger partial charge < -0.3 is 10.1 Å². The summed E-state index contributed by atoms with van der Waals surface area (Å²) in [6.07, 6.45) is 4.66. The van der Waals surface area contributed by atoms with Crippen LogP contribution in [0.5, 0.6) is 5.75 Å². The van der Waals surface area contributed by atoms with E-state index in [0.717, 1.165) is 18.8 Å². The Balaban J connectivity index is 2.02. The van der Waals surface area contributed by atoms with Crippen LogP contribution < -0.4 is 15.2 Å². The van der Waals surface area contributed by atoms with Gasteiger partial charge in [-0.15, -0.1) is 0 Å². The van der Waals surface area contributed by atoms with Crippen molar-refractivity contribution in [2.45, 2.75) is 30.6 Å². The normalized spacial score (nSPS) is 14.8. The van der Waals surface area contributed by atoms with Gasteiger partial charge in [-0.1, -0.05) is 12.8 Å². The van der Waals surface area contributed by atoms with Gasteiger partial charge in [0.05, 0.1) is 7.11 Å². The van der Waals surface area contributed by atoms with Crippen LogP contribution in [0.15, 0.2) is 23.1 Å². The Hall–Kier alpha value is -1.60. The summed E-state index contributed by atoms with van der Waals surface area (Å²) in [4.78, 5) is 11.8. The number of nitrogens with one attached hydrogen (secondary N) is 1. The third-order valence-corrected chi connectivity index (χ3v) is 4.44. The minimum atomic E-state index is -3.93. The van der Waals surface area contributed by atoms with Crippen LogP contribution in [0.25, 0.3) is 0 Å². The van der Waals surface area contributed by atoms with Crippen molar-refractivity contribution in [1.29, 1.82) is 0 Å². The minimum absolute atomic E-state index is 0.128. The van der Waals surface area contributed by atoms with Gasteiger partial charge in [0.25, 0.3) is 5.91 Å². The molecule has 6 nitrogen and oxygen atoms in total. The quantitative estimate of drug-likeness (QED) is 0.740. The predicted octanol–water partition coefficient (Wildman–Crippen LogP) is 1.26. The molecule has 0 atom stereocenters. The number of rotatable bonds is 7. The summed E-state index contributed by atoms with van der Waals surface area (Å²) >= 11 is 0. The molecule has 0 heterocycles. The second-order valence-electron chi connectivity index (χ2n) is 5.25. The van der Waals surface area contributed by atoms with Gasteiger partial charge in [0, 0.05) is 12.1 Å². The second-order valence-corrected chi connectivity index (χ2v) is 6.78. The molecule has 1 amide bonds. The van der Waals surface area contributed by atoms with Crippen molar-refractivity contribution in [1.82, 2.24) is 5.32 Å². The fourth-order valence-corrected chi connectivity index (χ4v) is 2.86. The van der Waals surface area contributed by atoms with Gasteiger partial charge >= 0.3 is 0 Å². The lowest BCUT2D eigenvalue weighted by atomic mass is 10.2. The summed E-state index contributed by atoms with van der Waals surface area (Å²) in [6, 6.07) is 4.19. The molecule has 1 aliphatic carbocycles. The van der Waals surface area contributed by atoms with E-state index < -0.39 is 10.0 Å². The Bertz CT molecular complexity index is 624. The number of carbonyl (C=O) groups excluding carboxylic acids is 1. The molecule has 0 spiro atoms. The Labute approximate surface area is 124 Å². The van der Waals surface area contributed by atoms with Gasteiger partial charge in [-0.05, 0) is 37.0 Å². The van der Waals surface area contributed by atoms with E-state index in [-0.39, 0.29) is 22.1 Å². The van der Waals surface area contributed by atoms with Gasteiger partial charge in [-0.3, -0.25) is 4.79 Å². The lowest BCUT2D eigenvalue weighted by Gasteiger charge is -2.09. The minimum Gasteiger partial charge on any atom is -0.495 e. The van der Waals surface area contributed by atoms with Crippen LogP contribution in [0.4, 0.5) is 0 Å². The first-order valence-corrected chi connectivity index (χ1v) is 8.45.